The second-order valence-corrected chi connectivity index (χ2v) is 3.03. The van der Waals surface area contributed by atoms with Crippen molar-refractivity contribution < 1.29 is 4.74 Å². The van der Waals surface area contributed by atoms with E-state index in [9.17, 15) is 0 Å². The van der Waals surface area contributed by atoms with Gasteiger partial charge in [-0.1, -0.05) is 18.2 Å². The van der Waals surface area contributed by atoms with Gasteiger partial charge in [0.2, 0.25) is 0 Å². The molecule has 4 heteroatoms. The SMILES string of the molecule is Nc1cnc(COc2ccccc2)nc1. The molecule has 2 aromatic rings. The molecule has 4 nitrogen and oxygen atoms in total. The van der Waals surface area contributed by atoms with Crippen LogP contribution in [0.15, 0.2) is 42.7 Å². The van der Waals surface area contributed by atoms with Crippen LogP contribution in [0, 0.1) is 0 Å². The first-order chi connectivity index (χ1) is 7.34. The first-order valence-electron chi connectivity index (χ1n) is 4.59. The molecular weight excluding hydrogens is 190 g/mol. The van der Waals surface area contributed by atoms with Crippen LogP contribution in [0.25, 0.3) is 0 Å². The van der Waals surface area contributed by atoms with Crippen molar-refractivity contribution in [1.82, 2.24) is 9.97 Å². The minimum Gasteiger partial charge on any atom is -0.486 e. The fourth-order valence-electron chi connectivity index (χ4n) is 1.10. The third-order valence-electron chi connectivity index (χ3n) is 1.84. The van der Waals surface area contributed by atoms with Gasteiger partial charge in [0.1, 0.15) is 12.4 Å². The number of nitrogens with two attached hydrogens (primary N) is 1. The van der Waals surface area contributed by atoms with Gasteiger partial charge in [-0.05, 0) is 12.1 Å². The number of para-hydroxylation sites is 1. The lowest BCUT2D eigenvalue weighted by Gasteiger charge is -2.04. The van der Waals surface area contributed by atoms with Gasteiger partial charge in [0.25, 0.3) is 0 Å². The molecule has 2 N–H and O–H groups in total. The van der Waals surface area contributed by atoms with Gasteiger partial charge >= 0.3 is 0 Å². The number of aromatic nitrogens is 2. The van der Waals surface area contributed by atoms with Gasteiger partial charge in [-0.2, -0.15) is 0 Å². The average Bonchev–Trinajstić information content (AvgIpc) is 2.30. The summed E-state index contributed by atoms with van der Waals surface area (Å²) in [5, 5.41) is 0. The number of nitrogens with zero attached hydrogens (tertiary/aromatic N) is 2. The second-order valence-electron chi connectivity index (χ2n) is 3.03. The summed E-state index contributed by atoms with van der Waals surface area (Å²) >= 11 is 0. The molecule has 0 radical (unpaired) electrons. The largest absolute Gasteiger partial charge is 0.486 e. The van der Waals surface area contributed by atoms with Crippen molar-refractivity contribution in [2.75, 3.05) is 5.73 Å². The summed E-state index contributed by atoms with van der Waals surface area (Å²) < 4.78 is 5.47. The summed E-state index contributed by atoms with van der Waals surface area (Å²) in [6.07, 6.45) is 3.13. The van der Waals surface area contributed by atoms with Crippen molar-refractivity contribution >= 4 is 5.69 Å². The zero-order chi connectivity index (χ0) is 10.5. The average molecular weight is 201 g/mol. The van der Waals surface area contributed by atoms with Gasteiger partial charge in [-0.15, -0.1) is 0 Å². The maximum Gasteiger partial charge on any atom is 0.166 e. The summed E-state index contributed by atoms with van der Waals surface area (Å²) in [6.45, 7) is 0.351. The molecule has 0 saturated heterocycles. The Balaban J connectivity index is 1.96. The van der Waals surface area contributed by atoms with E-state index in [1.807, 2.05) is 30.3 Å². The van der Waals surface area contributed by atoms with E-state index in [-0.39, 0.29) is 0 Å². The lowest BCUT2D eigenvalue weighted by molar-refractivity contribution is 0.296. The van der Waals surface area contributed by atoms with Gasteiger partial charge in [-0.25, -0.2) is 9.97 Å². The summed E-state index contributed by atoms with van der Waals surface area (Å²) in [5.74, 6) is 1.42. The molecule has 0 unspecified atom stereocenters. The van der Waals surface area contributed by atoms with Gasteiger partial charge in [0, 0.05) is 0 Å². The zero-order valence-electron chi connectivity index (χ0n) is 8.13. The van der Waals surface area contributed by atoms with Crippen LogP contribution in [0.2, 0.25) is 0 Å². The number of hydrogen-bond acceptors (Lipinski definition) is 4. The first kappa shape index (κ1) is 9.45. The zero-order valence-corrected chi connectivity index (χ0v) is 8.13. The van der Waals surface area contributed by atoms with Crippen molar-refractivity contribution in [2.24, 2.45) is 0 Å². The van der Waals surface area contributed by atoms with Crippen LogP contribution in [0.3, 0.4) is 0 Å². The Labute approximate surface area is 87.7 Å². The van der Waals surface area contributed by atoms with Crippen LogP contribution in [0.4, 0.5) is 5.69 Å². The van der Waals surface area contributed by atoms with Crippen molar-refractivity contribution in [2.45, 2.75) is 6.61 Å². The van der Waals surface area contributed by atoms with E-state index in [1.54, 1.807) is 12.4 Å². The predicted molar refractivity (Wildman–Crippen MR) is 57.2 cm³/mol. The minimum absolute atomic E-state index is 0.351. The first-order valence-corrected chi connectivity index (χ1v) is 4.59. The standard InChI is InChI=1S/C11H11N3O/c12-9-6-13-11(14-7-9)8-15-10-4-2-1-3-5-10/h1-7H,8,12H2. The molecule has 0 aliphatic carbocycles. The van der Waals surface area contributed by atoms with E-state index < -0.39 is 0 Å². The normalized spacial score (nSPS) is 9.87. The molecule has 2 rings (SSSR count). The molecule has 1 heterocycles. The molecule has 0 amide bonds. The molecule has 1 aromatic heterocycles. The van der Waals surface area contributed by atoms with Crippen LogP contribution < -0.4 is 10.5 Å². The Morgan fingerprint density at radius 2 is 1.73 bits per heavy atom. The van der Waals surface area contributed by atoms with E-state index in [0.29, 0.717) is 18.1 Å². The Morgan fingerprint density at radius 3 is 2.40 bits per heavy atom. The number of hydrogen-bond donors (Lipinski definition) is 1. The summed E-state index contributed by atoms with van der Waals surface area (Å²) in [5.41, 5.74) is 6.02. The van der Waals surface area contributed by atoms with Crippen molar-refractivity contribution in [3.05, 3.63) is 48.5 Å². The van der Waals surface area contributed by atoms with Crippen LogP contribution in [0.5, 0.6) is 5.75 Å². The van der Waals surface area contributed by atoms with Gasteiger partial charge in [-0.3, -0.25) is 0 Å². The van der Waals surface area contributed by atoms with Gasteiger partial charge in [0.05, 0.1) is 18.1 Å². The molecule has 0 aliphatic rings. The van der Waals surface area contributed by atoms with E-state index in [4.69, 9.17) is 10.5 Å². The molecule has 15 heavy (non-hydrogen) atoms. The fourth-order valence-corrected chi connectivity index (χ4v) is 1.10. The monoisotopic (exact) mass is 201 g/mol. The number of ether oxygens (including phenoxy) is 1. The maximum atomic E-state index is 5.47. The maximum absolute atomic E-state index is 5.47. The van der Waals surface area contributed by atoms with Crippen LogP contribution >= 0.6 is 0 Å². The highest BCUT2D eigenvalue weighted by molar-refractivity contribution is 5.30. The predicted octanol–water partition coefficient (Wildman–Crippen LogP) is 1.64. The second kappa shape index (κ2) is 4.41. The molecule has 0 aliphatic heterocycles. The van der Waals surface area contributed by atoms with E-state index in [1.165, 1.54) is 0 Å². The Hall–Kier alpha value is -2.10. The molecule has 0 bridgehead atoms. The molecule has 0 saturated carbocycles. The van der Waals surface area contributed by atoms with Crippen molar-refractivity contribution in [3.63, 3.8) is 0 Å². The van der Waals surface area contributed by atoms with Crippen LogP contribution in [-0.4, -0.2) is 9.97 Å². The van der Waals surface area contributed by atoms with Gasteiger partial charge in [0.15, 0.2) is 5.82 Å². The molecular formula is C11H11N3O. The van der Waals surface area contributed by atoms with Crippen LogP contribution in [0.1, 0.15) is 5.82 Å². The molecule has 76 valence electrons. The highest BCUT2D eigenvalue weighted by Crippen LogP contribution is 2.09. The van der Waals surface area contributed by atoms with Crippen molar-refractivity contribution in [1.29, 1.82) is 0 Å². The Bertz CT molecular complexity index is 414. The topological polar surface area (TPSA) is 61.0 Å². The molecule has 0 spiro atoms. The summed E-state index contributed by atoms with van der Waals surface area (Å²) in [7, 11) is 0. The molecule has 1 aromatic carbocycles. The van der Waals surface area contributed by atoms with Crippen molar-refractivity contribution in [3.8, 4) is 5.75 Å². The highest BCUT2D eigenvalue weighted by atomic mass is 16.5. The lowest BCUT2D eigenvalue weighted by atomic mass is 10.3. The van der Waals surface area contributed by atoms with Gasteiger partial charge < -0.3 is 10.5 Å². The number of anilines is 1. The summed E-state index contributed by atoms with van der Waals surface area (Å²) in [6, 6.07) is 9.54. The minimum atomic E-state index is 0.351. The molecule has 0 atom stereocenters. The number of nitrogen functional groups attached to an aromatic ring is 1. The number of benzene rings is 1. The van der Waals surface area contributed by atoms with Crippen LogP contribution in [-0.2, 0) is 6.61 Å². The lowest BCUT2D eigenvalue weighted by Crippen LogP contribution is -2.01. The Kier molecular flexibility index (Phi) is 2.78. The third-order valence-corrected chi connectivity index (χ3v) is 1.84. The quantitative estimate of drug-likeness (QED) is 0.820. The third kappa shape index (κ3) is 2.67. The highest BCUT2D eigenvalue weighted by Gasteiger charge is 1.97. The Morgan fingerprint density at radius 1 is 1.07 bits per heavy atom. The number of rotatable bonds is 3. The van der Waals surface area contributed by atoms with E-state index >= 15 is 0 Å². The summed E-state index contributed by atoms with van der Waals surface area (Å²) in [4.78, 5) is 8.06. The van der Waals surface area contributed by atoms with E-state index in [2.05, 4.69) is 9.97 Å². The van der Waals surface area contributed by atoms with E-state index in [0.717, 1.165) is 5.75 Å². The smallest absolute Gasteiger partial charge is 0.166 e. The fraction of sp³-hybridized carbons (Fsp3) is 0.0909. The molecule has 0 fully saturated rings.